The van der Waals surface area contributed by atoms with Gasteiger partial charge in [-0.05, 0) is 44.3 Å². The van der Waals surface area contributed by atoms with Gasteiger partial charge in [0.2, 0.25) is 0 Å². The van der Waals surface area contributed by atoms with Crippen molar-refractivity contribution in [2.75, 3.05) is 0 Å². The van der Waals surface area contributed by atoms with E-state index in [9.17, 15) is 4.79 Å². The molecule has 0 spiro atoms. The second-order valence-corrected chi connectivity index (χ2v) is 4.93. The first-order valence-electron chi connectivity index (χ1n) is 4.41. The predicted octanol–water partition coefficient (Wildman–Crippen LogP) is 3.84. The molecule has 0 aliphatic rings. The van der Waals surface area contributed by atoms with E-state index in [0.717, 1.165) is 15.4 Å². The van der Waals surface area contributed by atoms with Crippen molar-refractivity contribution in [2.45, 2.75) is 20.3 Å². The molecule has 0 radical (unpaired) electrons. The minimum absolute atomic E-state index is 0.0278. The molecule has 0 aliphatic heterocycles. The van der Waals surface area contributed by atoms with Crippen molar-refractivity contribution in [3.8, 4) is 0 Å². The van der Waals surface area contributed by atoms with E-state index in [1.54, 1.807) is 6.20 Å². The fourth-order valence-corrected chi connectivity index (χ4v) is 2.20. The molecule has 1 aromatic rings. The van der Waals surface area contributed by atoms with Crippen LogP contribution in [0.15, 0.2) is 21.2 Å². The summed E-state index contributed by atoms with van der Waals surface area (Å²) >= 11 is 6.63. The summed E-state index contributed by atoms with van der Waals surface area (Å²) in [7, 11) is 0. The summed E-state index contributed by atoms with van der Waals surface area (Å²) in [5, 5.41) is 0. The number of carbonyl (C=O) groups excluding carboxylic acids is 1. The number of hydrogen-bond donors (Lipinski definition) is 0. The maximum atomic E-state index is 11.8. The van der Waals surface area contributed by atoms with Crippen LogP contribution in [-0.4, -0.2) is 10.8 Å². The van der Waals surface area contributed by atoms with Gasteiger partial charge in [-0.3, -0.25) is 9.78 Å². The molecule has 0 saturated carbocycles. The first-order chi connectivity index (χ1) is 6.56. The molecule has 1 aromatic heterocycles. The van der Waals surface area contributed by atoms with E-state index in [0.29, 0.717) is 5.69 Å². The van der Waals surface area contributed by atoms with Gasteiger partial charge in [0.05, 0.1) is 0 Å². The Morgan fingerprint density at radius 2 is 2.21 bits per heavy atom. The molecule has 0 aromatic carbocycles. The second-order valence-electron chi connectivity index (χ2n) is 3.16. The highest BCUT2D eigenvalue weighted by molar-refractivity contribution is 9.11. The Hall–Kier alpha value is -0.220. The van der Waals surface area contributed by atoms with Crippen LogP contribution in [0.25, 0.3) is 0 Å². The molecule has 0 N–H and O–H groups in total. The highest BCUT2D eigenvalue weighted by Gasteiger charge is 2.17. The molecule has 76 valence electrons. The SMILES string of the molecule is CCC(C)C(=O)c1ncc(Br)cc1Br. The van der Waals surface area contributed by atoms with Crippen molar-refractivity contribution < 1.29 is 4.79 Å². The lowest BCUT2D eigenvalue weighted by atomic mass is 10.0. The third kappa shape index (κ3) is 2.64. The van der Waals surface area contributed by atoms with Crippen LogP contribution in [0.5, 0.6) is 0 Å². The van der Waals surface area contributed by atoms with Crippen LogP contribution in [0.2, 0.25) is 0 Å². The highest BCUT2D eigenvalue weighted by Crippen LogP contribution is 2.22. The van der Waals surface area contributed by atoms with Gasteiger partial charge in [-0.2, -0.15) is 0 Å². The molecule has 4 heteroatoms. The molecule has 1 unspecified atom stereocenters. The summed E-state index contributed by atoms with van der Waals surface area (Å²) < 4.78 is 1.61. The average Bonchev–Trinajstić information content (AvgIpc) is 2.15. The van der Waals surface area contributed by atoms with Crippen LogP contribution >= 0.6 is 31.9 Å². The van der Waals surface area contributed by atoms with E-state index in [2.05, 4.69) is 36.8 Å². The van der Waals surface area contributed by atoms with Crippen LogP contribution in [0.3, 0.4) is 0 Å². The van der Waals surface area contributed by atoms with Crippen LogP contribution in [0, 0.1) is 5.92 Å². The number of hydrogen-bond acceptors (Lipinski definition) is 2. The Labute approximate surface area is 100 Å². The van der Waals surface area contributed by atoms with Gasteiger partial charge in [0, 0.05) is 21.1 Å². The van der Waals surface area contributed by atoms with E-state index in [1.165, 1.54) is 0 Å². The van der Waals surface area contributed by atoms with Crippen LogP contribution < -0.4 is 0 Å². The smallest absolute Gasteiger partial charge is 0.185 e. The van der Waals surface area contributed by atoms with E-state index in [4.69, 9.17) is 0 Å². The standard InChI is InChI=1S/C10H11Br2NO/c1-3-6(2)10(14)9-8(12)4-7(11)5-13-9/h4-6H,3H2,1-2H3. The third-order valence-electron chi connectivity index (χ3n) is 2.10. The van der Waals surface area contributed by atoms with Crippen molar-refractivity contribution in [1.82, 2.24) is 4.98 Å². The first-order valence-corrected chi connectivity index (χ1v) is 6.00. The summed E-state index contributed by atoms with van der Waals surface area (Å²) in [5.41, 5.74) is 0.516. The zero-order valence-electron chi connectivity index (χ0n) is 8.05. The number of nitrogens with zero attached hydrogens (tertiary/aromatic N) is 1. The van der Waals surface area contributed by atoms with Gasteiger partial charge in [-0.15, -0.1) is 0 Å². The monoisotopic (exact) mass is 319 g/mol. The zero-order chi connectivity index (χ0) is 10.7. The summed E-state index contributed by atoms with van der Waals surface area (Å²) in [5.74, 6) is 0.117. The van der Waals surface area contributed by atoms with Gasteiger partial charge < -0.3 is 0 Å². The molecule has 1 atom stereocenters. The summed E-state index contributed by atoms with van der Waals surface area (Å²) in [4.78, 5) is 15.9. The molecule has 1 rings (SSSR count). The molecule has 0 bridgehead atoms. The van der Waals surface area contributed by atoms with Crippen molar-refractivity contribution in [2.24, 2.45) is 5.92 Å². The van der Waals surface area contributed by atoms with Gasteiger partial charge in [-0.25, -0.2) is 0 Å². The number of rotatable bonds is 3. The lowest BCUT2D eigenvalue weighted by Crippen LogP contribution is -2.12. The van der Waals surface area contributed by atoms with Gasteiger partial charge in [-0.1, -0.05) is 13.8 Å². The Bertz CT molecular complexity index is 352. The van der Waals surface area contributed by atoms with Crippen molar-refractivity contribution in [3.63, 3.8) is 0 Å². The fourth-order valence-electron chi connectivity index (χ4n) is 1.01. The van der Waals surface area contributed by atoms with E-state index in [-0.39, 0.29) is 11.7 Å². The number of ketones is 1. The van der Waals surface area contributed by atoms with Gasteiger partial charge in [0.25, 0.3) is 0 Å². The quantitative estimate of drug-likeness (QED) is 0.792. The highest BCUT2D eigenvalue weighted by atomic mass is 79.9. The minimum atomic E-state index is 0.0278. The Balaban J connectivity index is 3.02. The van der Waals surface area contributed by atoms with Crippen LogP contribution in [0.1, 0.15) is 30.8 Å². The van der Waals surface area contributed by atoms with Crippen LogP contribution in [-0.2, 0) is 0 Å². The number of halogens is 2. The molecule has 14 heavy (non-hydrogen) atoms. The summed E-state index contributed by atoms with van der Waals surface area (Å²) in [6, 6.07) is 1.84. The fraction of sp³-hybridized carbons (Fsp3) is 0.400. The zero-order valence-corrected chi connectivity index (χ0v) is 11.2. The van der Waals surface area contributed by atoms with Gasteiger partial charge in [0.15, 0.2) is 5.78 Å². The number of pyridine rings is 1. The normalized spacial score (nSPS) is 12.6. The van der Waals surface area contributed by atoms with Crippen molar-refractivity contribution >= 4 is 37.6 Å². The molecular weight excluding hydrogens is 310 g/mol. The molecule has 0 aliphatic carbocycles. The van der Waals surface area contributed by atoms with E-state index in [1.807, 2.05) is 19.9 Å². The van der Waals surface area contributed by atoms with E-state index < -0.39 is 0 Å². The number of Topliss-reactive ketones (excluding diaryl/α,β-unsaturated/α-hetero) is 1. The van der Waals surface area contributed by atoms with Crippen LogP contribution in [0.4, 0.5) is 0 Å². The lowest BCUT2D eigenvalue weighted by molar-refractivity contribution is 0.0921. The van der Waals surface area contributed by atoms with Gasteiger partial charge >= 0.3 is 0 Å². The van der Waals surface area contributed by atoms with E-state index >= 15 is 0 Å². The Morgan fingerprint density at radius 1 is 1.57 bits per heavy atom. The lowest BCUT2D eigenvalue weighted by Gasteiger charge is -2.08. The maximum Gasteiger partial charge on any atom is 0.185 e. The average molecular weight is 321 g/mol. The maximum absolute atomic E-state index is 11.8. The Morgan fingerprint density at radius 3 is 2.71 bits per heavy atom. The Kier molecular flexibility index (Phi) is 4.26. The first kappa shape index (κ1) is 11.9. The molecular formula is C10H11Br2NO. The third-order valence-corrected chi connectivity index (χ3v) is 3.14. The summed E-state index contributed by atoms with van der Waals surface area (Å²) in [6.07, 6.45) is 2.48. The largest absolute Gasteiger partial charge is 0.292 e. The molecule has 1 heterocycles. The predicted molar refractivity (Wildman–Crippen MR) is 63.4 cm³/mol. The van der Waals surface area contributed by atoms with Crippen molar-refractivity contribution in [1.29, 1.82) is 0 Å². The second kappa shape index (κ2) is 5.03. The molecule has 2 nitrogen and oxygen atoms in total. The van der Waals surface area contributed by atoms with Crippen molar-refractivity contribution in [3.05, 3.63) is 26.9 Å². The number of aromatic nitrogens is 1. The summed E-state index contributed by atoms with van der Waals surface area (Å²) in [6.45, 7) is 3.91. The van der Waals surface area contributed by atoms with Gasteiger partial charge in [0.1, 0.15) is 5.69 Å². The number of carbonyl (C=O) groups is 1. The molecule has 0 fully saturated rings. The topological polar surface area (TPSA) is 30.0 Å². The molecule has 0 amide bonds. The molecule has 0 saturated heterocycles. The minimum Gasteiger partial charge on any atom is -0.292 e.